The lowest BCUT2D eigenvalue weighted by molar-refractivity contribution is -0.137. The van der Waals surface area contributed by atoms with E-state index in [0.717, 1.165) is 17.1 Å². The lowest BCUT2D eigenvalue weighted by Crippen LogP contribution is -2.54. The molecule has 3 rings (SSSR count). The van der Waals surface area contributed by atoms with Gasteiger partial charge in [-0.3, -0.25) is 19.4 Å². The summed E-state index contributed by atoms with van der Waals surface area (Å²) in [6, 6.07) is 3.03. The van der Waals surface area contributed by atoms with Gasteiger partial charge in [0.2, 0.25) is 5.91 Å². The van der Waals surface area contributed by atoms with Gasteiger partial charge in [-0.25, -0.2) is 4.79 Å². The van der Waals surface area contributed by atoms with Crippen molar-refractivity contribution in [2.45, 2.75) is 51.6 Å². The van der Waals surface area contributed by atoms with Crippen LogP contribution in [-0.2, 0) is 9.59 Å². The molecule has 2 N–H and O–H groups in total. The van der Waals surface area contributed by atoms with Crippen molar-refractivity contribution in [1.82, 2.24) is 20.4 Å². The zero-order chi connectivity index (χ0) is 21.4. The van der Waals surface area contributed by atoms with E-state index in [1.807, 2.05) is 25.1 Å². The Morgan fingerprint density at radius 2 is 2.10 bits per heavy atom. The fourth-order valence-electron chi connectivity index (χ4n) is 5.08. The lowest BCUT2D eigenvalue weighted by atomic mass is 9.64. The predicted octanol–water partition coefficient (Wildman–Crippen LogP) is 2.14. The molecule has 0 aromatic carbocycles. The van der Waals surface area contributed by atoms with Crippen molar-refractivity contribution >= 4 is 17.8 Å². The summed E-state index contributed by atoms with van der Waals surface area (Å²) in [6.07, 6.45) is 3.80. The molecule has 1 aliphatic heterocycles. The quantitative estimate of drug-likeness (QED) is 0.709. The van der Waals surface area contributed by atoms with Crippen LogP contribution >= 0.6 is 0 Å². The molecule has 4 amide bonds. The number of carbonyl (C=O) groups excluding carboxylic acids is 3. The second-order valence-corrected chi connectivity index (χ2v) is 9.56. The minimum absolute atomic E-state index is 0.0408. The third kappa shape index (κ3) is 4.47. The Hall–Kier alpha value is -2.35. The number of likely N-dealkylation sites (N-methyl/N-ethyl adjacent to an activating group) is 1. The van der Waals surface area contributed by atoms with Gasteiger partial charge in [0.15, 0.2) is 0 Å². The minimum Gasteiger partial charge on any atom is -0.468 e. The van der Waals surface area contributed by atoms with E-state index in [0.29, 0.717) is 25.3 Å². The van der Waals surface area contributed by atoms with Crippen molar-refractivity contribution < 1.29 is 18.8 Å². The Kier molecular flexibility index (Phi) is 5.76. The average Bonchev–Trinajstić information content (AvgIpc) is 3.17. The van der Waals surface area contributed by atoms with Crippen molar-refractivity contribution in [1.29, 1.82) is 0 Å². The second kappa shape index (κ2) is 7.82. The van der Waals surface area contributed by atoms with Crippen LogP contribution in [-0.4, -0.2) is 60.4 Å². The molecule has 1 aromatic rings. The van der Waals surface area contributed by atoms with Crippen LogP contribution in [0.3, 0.4) is 0 Å². The van der Waals surface area contributed by atoms with Gasteiger partial charge < -0.3 is 15.1 Å². The molecule has 2 fully saturated rings. The van der Waals surface area contributed by atoms with E-state index >= 15 is 0 Å². The van der Waals surface area contributed by atoms with Crippen LogP contribution in [0.1, 0.15) is 51.8 Å². The lowest BCUT2D eigenvalue weighted by Gasteiger charge is -2.43. The third-order valence-corrected chi connectivity index (χ3v) is 5.91. The molecule has 1 saturated heterocycles. The number of carbonyl (C=O) groups is 3. The zero-order valence-corrected chi connectivity index (χ0v) is 17.9. The number of nitrogens with one attached hydrogen (secondary N) is 2. The molecule has 8 nitrogen and oxygen atoms in total. The second-order valence-electron chi connectivity index (χ2n) is 9.56. The number of furan rings is 1. The molecule has 0 unspecified atom stereocenters. The molecule has 1 spiro atoms. The monoisotopic (exact) mass is 404 g/mol. The van der Waals surface area contributed by atoms with Crippen molar-refractivity contribution in [2.24, 2.45) is 11.3 Å². The van der Waals surface area contributed by atoms with E-state index in [1.165, 1.54) is 0 Å². The molecule has 2 aliphatic rings. The smallest absolute Gasteiger partial charge is 0.325 e. The first kappa shape index (κ1) is 21.4. The van der Waals surface area contributed by atoms with Crippen LogP contribution in [0.2, 0.25) is 0 Å². The number of hydrogen-bond donors (Lipinski definition) is 2. The topological polar surface area (TPSA) is 94.9 Å². The Labute approximate surface area is 172 Å². The van der Waals surface area contributed by atoms with Crippen molar-refractivity contribution in [3.8, 4) is 0 Å². The summed E-state index contributed by atoms with van der Waals surface area (Å²) in [5.74, 6) is 0.410. The average molecular weight is 405 g/mol. The van der Waals surface area contributed by atoms with Crippen LogP contribution in [0.5, 0.6) is 0 Å². The fraction of sp³-hybridized carbons (Fsp3) is 0.667. The first-order valence-corrected chi connectivity index (χ1v) is 10.1. The number of imide groups is 1. The van der Waals surface area contributed by atoms with Crippen LogP contribution in [0.25, 0.3) is 0 Å². The van der Waals surface area contributed by atoms with Gasteiger partial charge in [0.25, 0.3) is 5.91 Å². The molecule has 1 aliphatic carbocycles. The van der Waals surface area contributed by atoms with Crippen LogP contribution < -0.4 is 10.6 Å². The Balaban J connectivity index is 1.63. The van der Waals surface area contributed by atoms with E-state index in [1.54, 1.807) is 12.3 Å². The standard InChI is InChI=1S/C21H32N4O4/c1-14-9-20(2,3)13-21(10-14)18(27)25(19(28)23-21)12-17(26)22-11-15(24(4)5)16-7-6-8-29-16/h6-8,14-15H,9-13H2,1-5H3,(H,22,26)(H,23,28)/t14-,15+,21+/m1/s1. The van der Waals surface area contributed by atoms with E-state index in [-0.39, 0.29) is 29.8 Å². The highest BCUT2D eigenvalue weighted by Gasteiger charge is 2.56. The highest BCUT2D eigenvalue weighted by Crippen LogP contribution is 2.46. The van der Waals surface area contributed by atoms with Crippen molar-refractivity contribution in [3.05, 3.63) is 24.2 Å². The maximum atomic E-state index is 13.1. The third-order valence-electron chi connectivity index (χ3n) is 5.91. The molecule has 29 heavy (non-hydrogen) atoms. The molecular formula is C21H32N4O4. The van der Waals surface area contributed by atoms with Gasteiger partial charge in [-0.05, 0) is 56.8 Å². The highest BCUT2D eigenvalue weighted by atomic mass is 16.3. The maximum Gasteiger partial charge on any atom is 0.325 e. The Bertz CT molecular complexity index is 774. The van der Waals surface area contributed by atoms with Gasteiger partial charge in [-0.1, -0.05) is 20.8 Å². The zero-order valence-electron chi connectivity index (χ0n) is 17.9. The van der Waals surface area contributed by atoms with E-state index in [2.05, 4.69) is 31.4 Å². The first-order chi connectivity index (χ1) is 13.5. The Morgan fingerprint density at radius 3 is 2.69 bits per heavy atom. The normalized spacial score (nSPS) is 27.4. The molecule has 3 atom stereocenters. The van der Waals surface area contributed by atoms with Gasteiger partial charge in [-0.15, -0.1) is 0 Å². The van der Waals surface area contributed by atoms with E-state index < -0.39 is 11.6 Å². The van der Waals surface area contributed by atoms with Gasteiger partial charge in [0, 0.05) is 6.54 Å². The molecule has 2 heterocycles. The number of amides is 4. The SMILES string of the molecule is C[C@@H]1CC(C)(C)C[C@]2(C1)NC(=O)N(CC(=O)NC[C@@H](c1ccco1)N(C)C)C2=O. The minimum atomic E-state index is -0.890. The molecule has 1 saturated carbocycles. The summed E-state index contributed by atoms with van der Waals surface area (Å²) in [6.45, 7) is 6.38. The fourth-order valence-corrected chi connectivity index (χ4v) is 5.08. The van der Waals surface area contributed by atoms with Crippen LogP contribution in [0.15, 0.2) is 22.8 Å². The van der Waals surface area contributed by atoms with Gasteiger partial charge in [0.05, 0.1) is 12.3 Å². The van der Waals surface area contributed by atoms with Crippen LogP contribution in [0, 0.1) is 11.3 Å². The number of nitrogens with zero attached hydrogens (tertiary/aromatic N) is 2. The van der Waals surface area contributed by atoms with E-state index in [4.69, 9.17) is 4.42 Å². The summed E-state index contributed by atoms with van der Waals surface area (Å²) >= 11 is 0. The molecule has 0 bridgehead atoms. The first-order valence-electron chi connectivity index (χ1n) is 10.1. The number of urea groups is 1. The molecule has 1 aromatic heterocycles. The van der Waals surface area contributed by atoms with Gasteiger partial charge >= 0.3 is 6.03 Å². The van der Waals surface area contributed by atoms with Gasteiger partial charge in [-0.2, -0.15) is 0 Å². The van der Waals surface area contributed by atoms with Crippen molar-refractivity contribution in [3.63, 3.8) is 0 Å². The predicted molar refractivity (Wildman–Crippen MR) is 108 cm³/mol. The largest absolute Gasteiger partial charge is 0.468 e. The molecule has 0 radical (unpaired) electrons. The number of hydrogen-bond acceptors (Lipinski definition) is 5. The molecular weight excluding hydrogens is 372 g/mol. The Morgan fingerprint density at radius 1 is 1.38 bits per heavy atom. The van der Waals surface area contributed by atoms with Crippen molar-refractivity contribution in [2.75, 3.05) is 27.2 Å². The summed E-state index contributed by atoms with van der Waals surface area (Å²) in [5, 5.41) is 5.72. The van der Waals surface area contributed by atoms with Gasteiger partial charge in [0.1, 0.15) is 17.8 Å². The highest BCUT2D eigenvalue weighted by molar-refractivity contribution is 6.09. The van der Waals surface area contributed by atoms with E-state index in [9.17, 15) is 14.4 Å². The molecule has 8 heteroatoms. The van der Waals surface area contributed by atoms with Crippen LogP contribution in [0.4, 0.5) is 4.79 Å². The number of rotatable bonds is 6. The molecule has 160 valence electrons. The summed E-state index contributed by atoms with van der Waals surface area (Å²) in [7, 11) is 3.79. The summed E-state index contributed by atoms with van der Waals surface area (Å²) in [5.41, 5.74) is -0.931. The summed E-state index contributed by atoms with van der Waals surface area (Å²) in [4.78, 5) is 41.2. The summed E-state index contributed by atoms with van der Waals surface area (Å²) < 4.78 is 5.44. The maximum absolute atomic E-state index is 13.1.